The second kappa shape index (κ2) is 4.97. The molecule has 17 heavy (non-hydrogen) atoms. The van der Waals surface area contributed by atoms with Gasteiger partial charge in [-0.1, -0.05) is 11.6 Å². The van der Waals surface area contributed by atoms with Gasteiger partial charge in [0.25, 0.3) is 0 Å². The van der Waals surface area contributed by atoms with Crippen molar-refractivity contribution in [1.82, 2.24) is 4.98 Å². The number of halogens is 1. The molecule has 4 heteroatoms. The van der Waals surface area contributed by atoms with Gasteiger partial charge in [0.15, 0.2) is 0 Å². The number of methoxy groups -OCH3 is 1. The van der Waals surface area contributed by atoms with Gasteiger partial charge in [-0.05, 0) is 29.8 Å². The van der Waals surface area contributed by atoms with Gasteiger partial charge >= 0.3 is 0 Å². The average molecular weight is 248 g/mol. The van der Waals surface area contributed by atoms with Gasteiger partial charge in [-0.3, -0.25) is 9.78 Å². The van der Waals surface area contributed by atoms with Gasteiger partial charge in [-0.15, -0.1) is 0 Å². The molecule has 0 unspecified atom stereocenters. The molecule has 2 aromatic rings. The monoisotopic (exact) mass is 247 g/mol. The number of pyridine rings is 1. The molecule has 0 aliphatic carbocycles. The minimum atomic E-state index is 0.510. The van der Waals surface area contributed by atoms with E-state index >= 15 is 0 Å². The molecule has 0 fully saturated rings. The first-order valence-electron chi connectivity index (χ1n) is 4.98. The maximum atomic E-state index is 10.8. The third kappa shape index (κ3) is 2.45. The van der Waals surface area contributed by atoms with Crippen LogP contribution >= 0.6 is 11.6 Å². The first kappa shape index (κ1) is 11.6. The van der Waals surface area contributed by atoms with Crippen LogP contribution in [0.3, 0.4) is 0 Å². The summed E-state index contributed by atoms with van der Waals surface area (Å²) in [4.78, 5) is 14.8. The fourth-order valence-corrected chi connectivity index (χ4v) is 1.86. The zero-order chi connectivity index (χ0) is 12.3. The van der Waals surface area contributed by atoms with Crippen molar-refractivity contribution in [3.63, 3.8) is 0 Å². The van der Waals surface area contributed by atoms with Crippen LogP contribution in [0.25, 0.3) is 11.1 Å². The van der Waals surface area contributed by atoms with Crippen molar-refractivity contribution in [2.24, 2.45) is 0 Å². The normalized spacial score (nSPS) is 10.0. The molecule has 1 aromatic heterocycles. The Labute approximate surface area is 104 Å². The van der Waals surface area contributed by atoms with E-state index < -0.39 is 0 Å². The Morgan fingerprint density at radius 1 is 1.35 bits per heavy atom. The Hall–Kier alpha value is -1.87. The Morgan fingerprint density at radius 2 is 2.18 bits per heavy atom. The van der Waals surface area contributed by atoms with E-state index in [9.17, 15) is 4.79 Å². The van der Waals surface area contributed by atoms with E-state index in [-0.39, 0.29) is 0 Å². The lowest BCUT2D eigenvalue weighted by atomic mass is 10.0. The summed E-state index contributed by atoms with van der Waals surface area (Å²) in [6, 6.07) is 6.89. The molecule has 1 aromatic carbocycles. The molecule has 2 rings (SSSR count). The number of nitrogens with zero attached hydrogens (tertiary/aromatic N) is 1. The van der Waals surface area contributed by atoms with E-state index in [1.54, 1.807) is 43.8 Å². The summed E-state index contributed by atoms with van der Waals surface area (Å²) in [5.41, 5.74) is 2.14. The SMILES string of the molecule is COc1ccncc1-c1cc(Cl)cc(C=O)c1. The van der Waals surface area contributed by atoms with Crippen molar-refractivity contribution in [3.05, 3.63) is 47.2 Å². The standard InChI is InChI=1S/C13H10ClNO2/c1-17-13-2-3-15-7-12(13)10-4-9(8-16)5-11(14)6-10/h2-8H,1H3. The number of ether oxygens (including phenoxy) is 1. The molecule has 0 amide bonds. The van der Waals surface area contributed by atoms with Gasteiger partial charge in [0.2, 0.25) is 0 Å². The molecule has 0 aliphatic heterocycles. The van der Waals surface area contributed by atoms with Crippen LogP contribution in [0.15, 0.2) is 36.7 Å². The van der Waals surface area contributed by atoms with Gasteiger partial charge in [-0.2, -0.15) is 0 Å². The Balaban J connectivity index is 2.59. The third-order valence-corrected chi connectivity index (χ3v) is 2.59. The van der Waals surface area contributed by atoms with Crippen LogP contribution in [-0.4, -0.2) is 18.4 Å². The van der Waals surface area contributed by atoms with E-state index in [1.807, 2.05) is 0 Å². The summed E-state index contributed by atoms with van der Waals surface area (Å²) < 4.78 is 5.24. The predicted octanol–water partition coefficient (Wildman–Crippen LogP) is 3.22. The van der Waals surface area contributed by atoms with Gasteiger partial charge < -0.3 is 4.74 Å². The van der Waals surface area contributed by atoms with Crippen LogP contribution in [0.5, 0.6) is 5.75 Å². The van der Waals surface area contributed by atoms with Gasteiger partial charge in [0.1, 0.15) is 12.0 Å². The molecule has 0 radical (unpaired) electrons. The van der Waals surface area contributed by atoms with Crippen molar-refractivity contribution in [2.45, 2.75) is 0 Å². The van der Waals surface area contributed by atoms with E-state index in [4.69, 9.17) is 16.3 Å². The van der Waals surface area contributed by atoms with Crippen molar-refractivity contribution in [1.29, 1.82) is 0 Å². The molecule has 0 N–H and O–H groups in total. The summed E-state index contributed by atoms with van der Waals surface area (Å²) in [6.07, 6.45) is 4.09. The fraction of sp³-hybridized carbons (Fsp3) is 0.0769. The van der Waals surface area contributed by atoms with Gasteiger partial charge in [-0.25, -0.2) is 0 Å². The second-order valence-electron chi connectivity index (χ2n) is 3.47. The average Bonchev–Trinajstić information content (AvgIpc) is 2.37. The van der Waals surface area contributed by atoms with Crippen LogP contribution in [0.4, 0.5) is 0 Å². The Kier molecular flexibility index (Phi) is 3.40. The number of aromatic nitrogens is 1. The van der Waals surface area contributed by atoms with E-state index in [1.165, 1.54) is 0 Å². The third-order valence-electron chi connectivity index (χ3n) is 2.37. The maximum Gasteiger partial charge on any atom is 0.150 e. The largest absolute Gasteiger partial charge is 0.496 e. The Morgan fingerprint density at radius 3 is 2.88 bits per heavy atom. The molecule has 0 aliphatic rings. The van der Waals surface area contributed by atoms with Crippen molar-refractivity contribution in [3.8, 4) is 16.9 Å². The first-order valence-corrected chi connectivity index (χ1v) is 5.36. The quantitative estimate of drug-likeness (QED) is 0.782. The smallest absolute Gasteiger partial charge is 0.150 e. The van der Waals surface area contributed by atoms with E-state index in [2.05, 4.69) is 4.98 Å². The molecular formula is C13H10ClNO2. The summed E-state index contributed by atoms with van der Waals surface area (Å²) >= 11 is 5.95. The van der Waals surface area contributed by atoms with Crippen LogP contribution in [0, 0.1) is 0 Å². The number of hydrogen-bond donors (Lipinski definition) is 0. The summed E-state index contributed by atoms with van der Waals surface area (Å²) in [5.74, 6) is 0.694. The molecule has 0 saturated heterocycles. The number of carbonyl (C=O) groups excluding carboxylic acids is 1. The molecule has 86 valence electrons. The highest BCUT2D eigenvalue weighted by Gasteiger charge is 2.07. The molecule has 3 nitrogen and oxygen atoms in total. The van der Waals surface area contributed by atoms with Crippen LogP contribution in [-0.2, 0) is 0 Å². The second-order valence-corrected chi connectivity index (χ2v) is 3.90. The van der Waals surface area contributed by atoms with Gasteiger partial charge in [0, 0.05) is 28.5 Å². The number of carbonyl (C=O) groups is 1. The molecule has 0 atom stereocenters. The minimum Gasteiger partial charge on any atom is -0.496 e. The van der Waals surface area contributed by atoms with Crippen molar-refractivity contribution >= 4 is 17.9 Å². The molecule has 0 spiro atoms. The highest BCUT2D eigenvalue weighted by Crippen LogP contribution is 2.30. The zero-order valence-electron chi connectivity index (χ0n) is 9.18. The van der Waals surface area contributed by atoms with Crippen molar-refractivity contribution in [2.75, 3.05) is 7.11 Å². The minimum absolute atomic E-state index is 0.510. The topological polar surface area (TPSA) is 39.2 Å². The predicted molar refractivity (Wildman–Crippen MR) is 66.6 cm³/mol. The summed E-state index contributed by atoms with van der Waals surface area (Å²) in [6.45, 7) is 0. The molecule has 1 heterocycles. The highest BCUT2D eigenvalue weighted by molar-refractivity contribution is 6.31. The summed E-state index contributed by atoms with van der Waals surface area (Å²) in [7, 11) is 1.59. The molecule has 0 bridgehead atoms. The molecular weight excluding hydrogens is 238 g/mol. The lowest BCUT2D eigenvalue weighted by molar-refractivity contribution is 0.112. The number of aldehydes is 1. The lowest BCUT2D eigenvalue weighted by Gasteiger charge is -2.08. The van der Waals surface area contributed by atoms with E-state index in [0.29, 0.717) is 16.3 Å². The molecule has 0 saturated carbocycles. The lowest BCUT2D eigenvalue weighted by Crippen LogP contribution is -1.90. The number of benzene rings is 1. The van der Waals surface area contributed by atoms with Crippen LogP contribution < -0.4 is 4.74 Å². The van der Waals surface area contributed by atoms with Gasteiger partial charge in [0.05, 0.1) is 7.11 Å². The fourth-order valence-electron chi connectivity index (χ4n) is 1.61. The van der Waals surface area contributed by atoms with E-state index in [0.717, 1.165) is 17.4 Å². The number of rotatable bonds is 3. The zero-order valence-corrected chi connectivity index (χ0v) is 9.94. The van der Waals surface area contributed by atoms with Crippen LogP contribution in [0.1, 0.15) is 10.4 Å². The van der Waals surface area contributed by atoms with Crippen molar-refractivity contribution < 1.29 is 9.53 Å². The highest BCUT2D eigenvalue weighted by atomic mass is 35.5. The van der Waals surface area contributed by atoms with Crippen LogP contribution in [0.2, 0.25) is 5.02 Å². The number of hydrogen-bond acceptors (Lipinski definition) is 3. The Bertz CT molecular complexity index is 555. The first-order chi connectivity index (χ1) is 8.24. The maximum absolute atomic E-state index is 10.8. The summed E-state index contributed by atoms with van der Waals surface area (Å²) in [5, 5.41) is 0.510.